The average molecular weight is 569 g/mol. The summed E-state index contributed by atoms with van der Waals surface area (Å²) in [5.41, 5.74) is 15.6. The third kappa shape index (κ3) is 9.85. The molecule has 0 saturated carbocycles. The minimum atomic E-state index is -0.562. The molecule has 10 nitrogen and oxygen atoms in total. The van der Waals surface area contributed by atoms with Gasteiger partial charge in [0.05, 0.1) is 12.7 Å². The lowest BCUT2D eigenvalue weighted by Gasteiger charge is -2.16. The highest BCUT2D eigenvalue weighted by atomic mass is 16.6. The number of nitrogen functional groups attached to an aromatic ring is 2. The fraction of sp³-hybridized carbons (Fsp3) is 0.219. The number of benzene rings is 3. The second-order valence-electron chi connectivity index (χ2n) is 9.20. The van der Waals surface area contributed by atoms with Gasteiger partial charge in [-0.05, 0) is 53.6 Å². The highest BCUT2D eigenvalue weighted by molar-refractivity contribution is 5.90. The molecule has 0 heterocycles. The van der Waals surface area contributed by atoms with Crippen LogP contribution in [0.1, 0.15) is 32.6 Å². The normalized spacial score (nSPS) is 9.79. The number of esters is 1. The zero-order valence-corrected chi connectivity index (χ0v) is 23.7. The molecule has 0 radical (unpaired) electrons. The van der Waals surface area contributed by atoms with Crippen molar-refractivity contribution >= 4 is 29.5 Å². The largest absolute Gasteiger partial charge is 0.465 e. The van der Waals surface area contributed by atoms with Gasteiger partial charge in [-0.1, -0.05) is 47.9 Å². The summed E-state index contributed by atoms with van der Waals surface area (Å²) in [5.74, 6) is 10.7. The number of anilines is 2. The van der Waals surface area contributed by atoms with Crippen molar-refractivity contribution in [3.8, 4) is 23.7 Å². The lowest BCUT2D eigenvalue weighted by atomic mass is 10.1. The Bertz CT molecular complexity index is 1420. The molecule has 3 aromatic rings. The molecule has 216 valence electrons. The number of carbonyl (C=O) groups excluding carboxylic acids is 3. The number of carbonyl (C=O) groups is 3. The van der Waals surface area contributed by atoms with Gasteiger partial charge >= 0.3 is 18.2 Å². The molecule has 0 aromatic heterocycles. The summed E-state index contributed by atoms with van der Waals surface area (Å²) >= 11 is 0. The van der Waals surface area contributed by atoms with Gasteiger partial charge in [-0.3, -0.25) is 0 Å². The number of rotatable bonds is 7. The van der Waals surface area contributed by atoms with E-state index in [-0.39, 0.29) is 18.8 Å². The van der Waals surface area contributed by atoms with Crippen LogP contribution in [0.5, 0.6) is 0 Å². The second kappa shape index (κ2) is 15.2. The van der Waals surface area contributed by atoms with Crippen LogP contribution in [0.2, 0.25) is 0 Å². The molecule has 0 aliphatic carbocycles. The number of hydrogen-bond acceptors (Lipinski definition) is 8. The van der Waals surface area contributed by atoms with Gasteiger partial charge in [0.1, 0.15) is 0 Å². The van der Waals surface area contributed by atoms with Gasteiger partial charge in [0.25, 0.3) is 0 Å². The topological polar surface area (TPSA) is 137 Å². The highest BCUT2D eigenvalue weighted by Crippen LogP contribution is 2.12. The molecule has 0 aliphatic heterocycles. The van der Waals surface area contributed by atoms with Crippen molar-refractivity contribution in [2.24, 2.45) is 0 Å². The van der Waals surface area contributed by atoms with Gasteiger partial charge in [0, 0.05) is 49.7 Å². The zero-order chi connectivity index (χ0) is 30.5. The van der Waals surface area contributed by atoms with Crippen molar-refractivity contribution < 1.29 is 28.6 Å². The lowest BCUT2D eigenvalue weighted by Crippen LogP contribution is -2.27. The van der Waals surface area contributed by atoms with E-state index >= 15 is 0 Å². The molecule has 3 rings (SSSR count). The van der Waals surface area contributed by atoms with Crippen molar-refractivity contribution in [3.05, 3.63) is 94.5 Å². The molecule has 0 aliphatic rings. The minimum absolute atomic E-state index is 0.159. The SMILES string of the molecule is COC(=O)c1cc(C#CCOC(=O)N(C)Cc2ccc(N)cc2)cc(C#CCOC(=O)N(C)Cc2ccc(N)cc2)c1. The van der Waals surface area contributed by atoms with Gasteiger partial charge in [-0.15, -0.1) is 0 Å². The van der Waals surface area contributed by atoms with E-state index in [0.29, 0.717) is 35.6 Å². The van der Waals surface area contributed by atoms with Crippen molar-refractivity contribution in [2.45, 2.75) is 13.1 Å². The van der Waals surface area contributed by atoms with E-state index in [1.54, 1.807) is 56.6 Å². The van der Waals surface area contributed by atoms with Gasteiger partial charge in [0.2, 0.25) is 0 Å². The summed E-state index contributed by atoms with van der Waals surface area (Å²) in [4.78, 5) is 39.6. The lowest BCUT2D eigenvalue weighted by molar-refractivity contribution is 0.0600. The molecule has 10 heteroatoms. The first kappa shape index (κ1) is 30.9. The van der Waals surface area contributed by atoms with Gasteiger partial charge in [-0.25, -0.2) is 14.4 Å². The number of nitrogens with two attached hydrogens (primary N) is 2. The van der Waals surface area contributed by atoms with E-state index in [9.17, 15) is 14.4 Å². The van der Waals surface area contributed by atoms with E-state index in [1.165, 1.54) is 16.9 Å². The highest BCUT2D eigenvalue weighted by Gasteiger charge is 2.11. The fourth-order valence-electron chi connectivity index (χ4n) is 3.62. The minimum Gasteiger partial charge on any atom is -0.465 e. The van der Waals surface area contributed by atoms with Crippen molar-refractivity contribution in [2.75, 3.05) is 45.9 Å². The van der Waals surface area contributed by atoms with Crippen LogP contribution in [0.3, 0.4) is 0 Å². The van der Waals surface area contributed by atoms with Crippen LogP contribution >= 0.6 is 0 Å². The van der Waals surface area contributed by atoms with Crippen LogP contribution in [0.25, 0.3) is 0 Å². The third-order valence-electron chi connectivity index (χ3n) is 5.78. The second-order valence-corrected chi connectivity index (χ2v) is 9.20. The summed E-state index contributed by atoms with van der Waals surface area (Å²) in [5, 5.41) is 0. The molecule has 42 heavy (non-hydrogen) atoms. The Labute approximate surface area is 245 Å². The predicted molar refractivity (Wildman–Crippen MR) is 159 cm³/mol. The monoisotopic (exact) mass is 568 g/mol. The molecule has 0 saturated heterocycles. The summed E-state index contributed by atoms with van der Waals surface area (Å²) in [6, 6.07) is 19.1. The number of methoxy groups -OCH3 is 1. The molecule has 0 unspecified atom stereocenters. The van der Waals surface area contributed by atoms with E-state index in [0.717, 1.165) is 11.1 Å². The van der Waals surface area contributed by atoms with Gasteiger partial charge in [0.15, 0.2) is 13.2 Å². The van der Waals surface area contributed by atoms with Crippen LogP contribution in [-0.2, 0) is 27.3 Å². The molecule has 0 atom stereocenters. The van der Waals surface area contributed by atoms with Gasteiger partial charge in [-0.2, -0.15) is 0 Å². The standard InChI is InChI=1S/C32H32N4O6/c1-35(21-23-8-12-28(33)13-9-23)31(38)41-16-4-6-25-18-26(20-27(19-25)30(37)40-3)7-5-17-42-32(39)36(2)22-24-10-14-29(34)15-11-24/h8-15,18-20H,16-17,21-22,33-34H2,1-3H3. The van der Waals surface area contributed by atoms with Crippen molar-refractivity contribution in [3.63, 3.8) is 0 Å². The summed E-state index contributed by atoms with van der Waals surface area (Å²) < 4.78 is 15.3. The maximum absolute atomic E-state index is 12.3. The number of hydrogen-bond donors (Lipinski definition) is 2. The fourth-order valence-corrected chi connectivity index (χ4v) is 3.62. The molecule has 4 N–H and O–H groups in total. The Kier molecular flexibility index (Phi) is 11.2. The van der Waals surface area contributed by atoms with Crippen molar-refractivity contribution in [1.29, 1.82) is 0 Å². The van der Waals surface area contributed by atoms with Crippen LogP contribution < -0.4 is 11.5 Å². The molecule has 0 spiro atoms. The molecular weight excluding hydrogens is 536 g/mol. The Morgan fingerprint density at radius 1 is 0.690 bits per heavy atom. The zero-order valence-electron chi connectivity index (χ0n) is 23.7. The first-order valence-corrected chi connectivity index (χ1v) is 12.8. The van der Waals surface area contributed by atoms with Crippen molar-refractivity contribution in [1.82, 2.24) is 9.80 Å². The predicted octanol–water partition coefficient (Wildman–Crippen LogP) is 3.88. The van der Waals surface area contributed by atoms with E-state index in [1.807, 2.05) is 24.3 Å². The Morgan fingerprint density at radius 3 is 1.48 bits per heavy atom. The molecular formula is C32H32N4O6. The van der Waals surface area contributed by atoms with E-state index in [2.05, 4.69) is 23.7 Å². The quantitative estimate of drug-likeness (QED) is 0.190. The molecule has 0 bridgehead atoms. The van der Waals surface area contributed by atoms with E-state index < -0.39 is 18.2 Å². The summed E-state index contributed by atoms with van der Waals surface area (Å²) in [7, 11) is 4.50. The van der Waals surface area contributed by atoms with Crippen LogP contribution in [0, 0.1) is 23.7 Å². The first-order chi connectivity index (χ1) is 20.1. The molecule has 3 aromatic carbocycles. The average Bonchev–Trinajstić information content (AvgIpc) is 2.99. The molecule has 0 fully saturated rings. The number of nitrogens with zero attached hydrogens (tertiary/aromatic N) is 2. The van der Waals surface area contributed by atoms with Crippen LogP contribution in [0.4, 0.5) is 21.0 Å². The van der Waals surface area contributed by atoms with E-state index in [4.69, 9.17) is 25.7 Å². The van der Waals surface area contributed by atoms with Crippen LogP contribution in [0.15, 0.2) is 66.7 Å². The smallest absolute Gasteiger partial charge is 0.410 e. The Morgan fingerprint density at radius 2 is 1.10 bits per heavy atom. The molecule has 2 amide bonds. The van der Waals surface area contributed by atoms with Gasteiger partial charge < -0.3 is 35.5 Å². The summed E-state index contributed by atoms with van der Waals surface area (Å²) in [6.07, 6.45) is -1.07. The Hall–Kier alpha value is -5.61. The number of ether oxygens (including phenoxy) is 3. The number of amides is 2. The maximum atomic E-state index is 12.3. The maximum Gasteiger partial charge on any atom is 0.410 e. The van der Waals surface area contributed by atoms with Crippen LogP contribution in [-0.4, -0.2) is 62.4 Å². The third-order valence-corrected chi connectivity index (χ3v) is 5.78. The first-order valence-electron chi connectivity index (χ1n) is 12.8. The Balaban J connectivity index is 1.57. The summed E-state index contributed by atoms with van der Waals surface area (Å²) in [6.45, 7) is 0.385.